The second-order valence-corrected chi connectivity index (χ2v) is 29.8. The Morgan fingerprint density at radius 2 is 0.252 bits per heavy atom. The van der Waals surface area contributed by atoms with Gasteiger partial charge in [-0.25, -0.2) is 0 Å². The van der Waals surface area contributed by atoms with Crippen LogP contribution < -0.4 is 72.8 Å². The van der Waals surface area contributed by atoms with Crippen molar-refractivity contribution in [2.45, 2.75) is 79.3 Å². The molecule has 15 aromatic carbocycles. The maximum Gasteiger partial charge on any atom is 0.124 e. The first-order chi connectivity index (χ1) is 56.8. The van der Waals surface area contributed by atoms with E-state index in [-0.39, 0.29) is 26.4 Å². The molecule has 0 aliphatic heterocycles. The number of benzene rings is 15. The molecule has 0 saturated carbocycles. The van der Waals surface area contributed by atoms with Gasteiger partial charge in [-0.3, -0.25) is 0 Å². The minimum absolute atomic E-state index is 0.148. The number of rotatable bonds is 39. The summed E-state index contributed by atoms with van der Waals surface area (Å²) in [4.78, 5) is 0. The van der Waals surface area contributed by atoms with Crippen LogP contribution in [0.5, 0.6) is 69.0 Å². The summed E-state index contributed by atoms with van der Waals surface area (Å²) in [6, 6.07) is 128. The molecule has 0 N–H and O–H groups in total. The molecule has 0 unspecified atom stereocenters. The molecule has 0 heterocycles. The van der Waals surface area contributed by atoms with Gasteiger partial charge < -0.3 is 56.8 Å². The van der Waals surface area contributed by atoms with E-state index in [4.69, 9.17) is 56.8 Å². The fourth-order valence-electron chi connectivity index (χ4n) is 12.8. The lowest BCUT2D eigenvalue weighted by atomic mass is 10.2. The first-order valence-corrected chi connectivity index (χ1v) is 39.8. The zero-order valence-electron chi connectivity index (χ0n) is 63.7. The van der Waals surface area contributed by atoms with Crippen molar-refractivity contribution in [3.63, 3.8) is 0 Å². The average molecular weight is 1540 g/mol. The van der Waals surface area contributed by atoms with Crippen LogP contribution in [0.3, 0.4) is 0 Å². The molecule has 0 atom stereocenters. The highest BCUT2D eigenvalue weighted by Crippen LogP contribution is 2.41. The Morgan fingerprint density at radius 3 is 0.409 bits per heavy atom. The van der Waals surface area contributed by atoms with Crippen LogP contribution in [-0.2, 0) is 79.3 Å². The number of hydrogen-bond acceptors (Lipinski definition) is 12. The van der Waals surface area contributed by atoms with Crippen molar-refractivity contribution in [2.75, 3.05) is 0 Å². The molecule has 0 aromatic heterocycles. The van der Waals surface area contributed by atoms with Gasteiger partial charge in [-0.2, -0.15) is 0 Å². The standard InChI is InChI=1S/C102H87O12P/c1-10-28-76(29-11-1)64-103-88-46-84(47-89(54-88)104-65-77-30-12-2-13-31-77)72-111-96-58-97(112-73-85-48-90(105-66-78-32-14-3-15-33-78)55-91(49-85)106-67-79-34-16-4-17-35-79)61-101(60-96)115(100-44-26-9-27-45-100)102-62-98(113-74-86-50-92(107-68-80-36-18-5-19-37-80)56-93(51-86)108-69-81-38-20-6-21-39-81)59-99(63-102)114-75-87-52-94(109-70-82-40-22-7-23-41-82)57-95(53-87)110-71-83-42-24-8-25-43-83/h1-63H,64-75H2. The van der Waals surface area contributed by atoms with E-state index >= 15 is 0 Å². The van der Waals surface area contributed by atoms with Gasteiger partial charge in [0.1, 0.15) is 148 Å². The molecule has 0 saturated heterocycles. The fourth-order valence-corrected chi connectivity index (χ4v) is 15.2. The van der Waals surface area contributed by atoms with Gasteiger partial charge in [0.15, 0.2) is 0 Å². The van der Waals surface area contributed by atoms with E-state index in [1.807, 2.05) is 237 Å². The van der Waals surface area contributed by atoms with Crippen LogP contribution in [-0.4, -0.2) is 0 Å². The summed E-state index contributed by atoms with van der Waals surface area (Å²) in [5.41, 5.74) is 11.6. The predicted molar refractivity (Wildman–Crippen MR) is 454 cm³/mol. The second-order valence-electron chi connectivity index (χ2n) is 27.6. The van der Waals surface area contributed by atoms with Crippen LogP contribution in [0.25, 0.3) is 0 Å². The Balaban J connectivity index is 0.809. The quantitative estimate of drug-likeness (QED) is 0.0342. The Kier molecular flexibility index (Phi) is 26.7. The molecule has 115 heavy (non-hydrogen) atoms. The SMILES string of the molecule is c1ccc(COc2cc(COc3cc(OCc4cc(OCc5ccccc5)cc(OCc5ccccc5)c4)cc(P(c4ccccc4)c4cc(OCc5cc(OCc6ccccc6)cc(OCc6ccccc6)c5)cc(OCc5cc(OCc6ccccc6)cc(OCc6ccccc6)c5)c4)c3)cc(OCc3ccccc3)c2)cc1. The van der Waals surface area contributed by atoms with Gasteiger partial charge in [0.2, 0.25) is 0 Å². The van der Waals surface area contributed by atoms with Crippen molar-refractivity contribution in [3.05, 3.63) is 449 Å². The highest BCUT2D eigenvalue weighted by molar-refractivity contribution is 7.79. The molecule has 0 bridgehead atoms. The topological polar surface area (TPSA) is 111 Å². The van der Waals surface area contributed by atoms with Gasteiger partial charge in [0.05, 0.1) is 0 Å². The summed E-state index contributed by atoms with van der Waals surface area (Å²) < 4.78 is 80.5. The van der Waals surface area contributed by atoms with E-state index in [0.29, 0.717) is 122 Å². The molecule has 0 aliphatic rings. The molecule has 0 aliphatic carbocycles. The van der Waals surface area contributed by atoms with Crippen molar-refractivity contribution in [3.8, 4) is 69.0 Å². The van der Waals surface area contributed by atoms with Crippen LogP contribution in [0.4, 0.5) is 0 Å². The normalized spacial score (nSPS) is 10.9. The van der Waals surface area contributed by atoms with Crippen LogP contribution in [0.2, 0.25) is 0 Å². The maximum atomic E-state index is 7.09. The highest BCUT2D eigenvalue weighted by atomic mass is 31.1. The molecule has 0 fully saturated rings. The number of ether oxygens (including phenoxy) is 12. The second kappa shape index (κ2) is 40.0. The largest absolute Gasteiger partial charge is 0.489 e. The lowest BCUT2D eigenvalue weighted by Crippen LogP contribution is -2.21. The van der Waals surface area contributed by atoms with Crippen molar-refractivity contribution in [2.24, 2.45) is 0 Å². The molecule has 12 nitrogen and oxygen atoms in total. The highest BCUT2D eigenvalue weighted by Gasteiger charge is 2.23. The van der Waals surface area contributed by atoms with Gasteiger partial charge >= 0.3 is 0 Å². The molecule has 13 heteroatoms. The van der Waals surface area contributed by atoms with E-state index < -0.39 is 7.92 Å². The number of hydrogen-bond donors (Lipinski definition) is 0. The Bertz CT molecular complexity index is 4620. The third-order valence-corrected chi connectivity index (χ3v) is 21.0. The minimum atomic E-state index is -1.51. The monoisotopic (exact) mass is 1530 g/mol. The fraction of sp³-hybridized carbons (Fsp3) is 0.118. The summed E-state index contributed by atoms with van der Waals surface area (Å²) in [6.45, 7) is 3.50. The molecular weight excluding hydrogens is 1450 g/mol. The predicted octanol–water partition coefficient (Wildman–Crippen LogP) is 22.4. The van der Waals surface area contributed by atoms with E-state index in [1.54, 1.807) is 0 Å². The van der Waals surface area contributed by atoms with Gasteiger partial charge in [0, 0.05) is 36.4 Å². The lowest BCUT2D eigenvalue weighted by molar-refractivity contribution is 0.276. The van der Waals surface area contributed by atoms with Gasteiger partial charge in [0.25, 0.3) is 0 Å². The van der Waals surface area contributed by atoms with Crippen molar-refractivity contribution in [1.29, 1.82) is 0 Å². The van der Waals surface area contributed by atoms with Crippen LogP contribution in [0.1, 0.15) is 66.8 Å². The smallest absolute Gasteiger partial charge is 0.124 e. The Morgan fingerprint density at radius 1 is 0.122 bits per heavy atom. The van der Waals surface area contributed by atoms with E-state index in [9.17, 15) is 0 Å². The molecule has 15 aromatic rings. The summed E-state index contributed by atoms with van der Waals surface area (Å²) in [5, 5.41) is 2.88. The van der Waals surface area contributed by atoms with Gasteiger partial charge in [-0.1, -0.05) is 273 Å². The molecule has 15 rings (SSSR count). The minimum Gasteiger partial charge on any atom is -0.489 e. The zero-order valence-corrected chi connectivity index (χ0v) is 64.6. The van der Waals surface area contributed by atoms with Gasteiger partial charge in [-0.05, 0) is 163 Å². The molecule has 0 spiro atoms. The van der Waals surface area contributed by atoms with Crippen molar-refractivity contribution < 1.29 is 56.8 Å². The summed E-state index contributed by atoms with van der Waals surface area (Å²) in [5.74, 6) is 7.38. The third-order valence-electron chi connectivity index (χ3n) is 18.6. The summed E-state index contributed by atoms with van der Waals surface area (Å²) >= 11 is 0. The van der Waals surface area contributed by atoms with E-state index in [0.717, 1.165) is 82.7 Å². The molecule has 572 valence electrons. The van der Waals surface area contributed by atoms with E-state index in [2.05, 4.69) is 146 Å². The zero-order chi connectivity index (χ0) is 77.7. The molecule has 0 radical (unpaired) electrons. The summed E-state index contributed by atoms with van der Waals surface area (Å²) in [6.07, 6.45) is 0. The molecule has 0 amide bonds. The van der Waals surface area contributed by atoms with Crippen molar-refractivity contribution in [1.82, 2.24) is 0 Å². The summed E-state index contributed by atoms with van der Waals surface area (Å²) in [7, 11) is -1.51. The average Bonchev–Trinajstić information content (AvgIpc) is 0.785. The van der Waals surface area contributed by atoms with Crippen molar-refractivity contribution >= 4 is 23.8 Å². The van der Waals surface area contributed by atoms with Crippen LogP contribution in [0.15, 0.2) is 382 Å². The maximum absolute atomic E-state index is 7.09. The van der Waals surface area contributed by atoms with Crippen LogP contribution >= 0.6 is 7.92 Å². The third kappa shape index (κ3) is 23.7. The van der Waals surface area contributed by atoms with Crippen LogP contribution in [0, 0.1) is 0 Å². The van der Waals surface area contributed by atoms with E-state index in [1.165, 1.54) is 0 Å². The Labute approximate surface area is 673 Å². The first-order valence-electron chi connectivity index (χ1n) is 38.4. The molecular formula is C102H87O12P. The Hall–Kier alpha value is -13.7. The lowest BCUT2D eigenvalue weighted by Gasteiger charge is -2.23. The first kappa shape index (κ1) is 76.7. The van der Waals surface area contributed by atoms with Gasteiger partial charge in [-0.15, -0.1) is 0 Å².